The summed E-state index contributed by atoms with van der Waals surface area (Å²) < 4.78 is 0. The first kappa shape index (κ1) is 14.8. The first-order valence-electron chi connectivity index (χ1n) is 6.59. The zero-order valence-electron chi connectivity index (χ0n) is 11.9. The molecule has 0 saturated carbocycles. The van der Waals surface area contributed by atoms with Crippen molar-refractivity contribution in [3.8, 4) is 0 Å². The van der Waals surface area contributed by atoms with Gasteiger partial charge in [0.25, 0.3) is 0 Å². The van der Waals surface area contributed by atoms with Crippen LogP contribution in [0.15, 0.2) is 0 Å². The molecule has 1 aliphatic heterocycles. The van der Waals surface area contributed by atoms with Gasteiger partial charge in [-0.25, -0.2) is 4.79 Å². The molecule has 0 radical (unpaired) electrons. The van der Waals surface area contributed by atoms with Crippen LogP contribution in [0.2, 0.25) is 0 Å². The van der Waals surface area contributed by atoms with Crippen molar-refractivity contribution in [1.82, 2.24) is 15.5 Å². The first-order chi connectivity index (χ1) is 8.28. The SMILES string of the molecule is CC(=O)N1CCC(CNC(=O)NC(C)(C)C)CC1. The Morgan fingerprint density at radius 2 is 1.78 bits per heavy atom. The molecule has 5 heteroatoms. The molecule has 2 N–H and O–H groups in total. The Bertz CT molecular complexity index is 302. The molecular weight excluding hydrogens is 230 g/mol. The zero-order valence-corrected chi connectivity index (χ0v) is 11.9. The molecule has 0 unspecified atom stereocenters. The van der Waals surface area contributed by atoms with Crippen LogP contribution in [0.5, 0.6) is 0 Å². The Morgan fingerprint density at radius 1 is 1.22 bits per heavy atom. The van der Waals surface area contributed by atoms with E-state index < -0.39 is 0 Å². The van der Waals surface area contributed by atoms with Crippen molar-refractivity contribution in [3.05, 3.63) is 0 Å². The second-order valence-corrected chi connectivity index (χ2v) is 6.03. The third-order valence-corrected chi connectivity index (χ3v) is 3.10. The molecule has 5 nitrogen and oxygen atoms in total. The number of rotatable bonds is 2. The van der Waals surface area contributed by atoms with Gasteiger partial charge in [-0.2, -0.15) is 0 Å². The lowest BCUT2D eigenvalue weighted by atomic mass is 9.97. The Morgan fingerprint density at radius 3 is 2.22 bits per heavy atom. The smallest absolute Gasteiger partial charge is 0.315 e. The first-order valence-corrected chi connectivity index (χ1v) is 6.59. The fourth-order valence-corrected chi connectivity index (χ4v) is 2.07. The van der Waals surface area contributed by atoms with Crippen LogP contribution in [0.3, 0.4) is 0 Å². The minimum Gasteiger partial charge on any atom is -0.343 e. The number of hydrogen-bond donors (Lipinski definition) is 2. The van der Waals surface area contributed by atoms with Crippen LogP contribution >= 0.6 is 0 Å². The molecule has 104 valence electrons. The number of carbonyl (C=O) groups excluding carboxylic acids is 2. The van der Waals surface area contributed by atoms with Gasteiger partial charge in [-0.15, -0.1) is 0 Å². The highest BCUT2D eigenvalue weighted by Gasteiger charge is 2.21. The van der Waals surface area contributed by atoms with E-state index in [0.717, 1.165) is 25.9 Å². The number of nitrogens with zero attached hydrogens (tertiary/aromatic N) is 1. The van der Waals surface area contributed by atoms with Gasteiger partial charge in [-0.3, -0.25) is 4.79 Å². The molecule has 1 heterocycles. The Labute approximate surface area is 109 Å². The van der Waals surface area contributed by atoms with E-state index in [2.05, 4.69) is 10.6 Å². The van der Waals surface area contributed by atoms with E-state index in [-0.39, 0.29) is 17.5 Å². The van der Waals surface area contributed by atoms with Crippen LogP contribution in [-0.4, -0.2) is 42.0 Å². The van der Waals surface area contributed by atoms with Crippen LogP contribution in [0.4, 0.5) is 4.79 Å². The lowest BCUT2D eigenvalue weighted by Gasteiger charge is -2.31. The molecule has 0 aromatic heterocycles. The van der Waals surface area contributed by atoms with Gasteiger partial charge in [-0.05, 0) is 39.5 Å². The molecule has 0 aromatic carbocycles. The average Bonchev–Trinajstić information content (AvgIpc) is 2.24. The highest BCUT2D eigenvalue weighted by molar-refractivity contribution is 5.74. The van der Waals surface area contributed by atoms with Crippen molar-refractivity contribution in [1.29, 1.82) is 0 Å². The topological polar surface area (TPSA) is 61.4 Å². The monoisotopic (exact) mass is 255 g/mol. The highest BCUT2D eigenvalue weighted by Crippen LogP contribution is 2.16. The predicted molar refractivity (Wildman–Crippen MR) is 71.3 cm³/mol. The van der Waals surface area contributed by atoms with Crippen molar-refractivity contribution < 1.29 is 9.59 Å². The summed E-state index contributed by atoms with van der Waals surface area (Å²) in [7, 11) is 0. The second-order valence-electron chi connectivity index (χ2n) is 6.03. The number of urea groups is 1. The third-order valence-electron chi connectivity index (χ3n) is 3.10. The molecule has 0 aromatic rings. The maximum Gasteiger partial charge on any atom is 0.315 e. The number of hydrogen-bond acceptors (Lipinski definition) is 2. The number of carbonyl (C=O) groups is 2. The minimum atomic E-state index is -0.206. The van der Waals surface area contributed by atoms with Crippen LogP contribution in [0.25, 0.3) is 0 Å². The van der Waals surface area contributed by atoms with Gasteiger partial charge in [0.2, 0.25) is 5.91 Å². The average molecular weight is 255 g/mol. The van der Waals surface area contributed by atoms with Crippen molar-refractivity contribution >= 4 is 11.9 Å². The summed E-state index contributed by atoms with van der Waals surface area (Å²) in [6.07, 6.45) is 1.94. The number of nitrogens with one attached hydrogen (secondary N) is 2. The van der Waals surface area contributed by atoms with E-state index >= 15 is 0 Å². The largest absolute Gasteiger partial charge is 0.343 e. The number of likely N-dealkylation sites (tertiary alicyclic amines) is 1. The van der Waals surface area contributed by atoms with Gasteiger partial charge in [0.15, 0.2) is 0 Å². The Balaban J connectivity index is 2.22. The molecule has 0 aliphatic carbocycles. The zero-order chi connectivity index (χ0) is 13.8. The molecule has 0 bridgehead atoms. The van der Waals surface area contributed by atoms with E-state index in [4.69, 9.17) is 0 Å². The normalized spacial score (nSPS) is 17.4. The molecule has 1 aliphatic rings. The lowest BCUT2D eigenvalue weighted by molar-refractivity contribution is -0.130. The summed E-state index contributed by atoms with van der Waals surface area (Å²) in [6, 6.07) is -0.114. The number of piperidine rings is 1. The standard InChI is InChI=1S/C13H25N3O2/c1-10(17)16-7-5-11(6-8-16)9-14-12(18)15-13(2,3)4/h11H,5-9H2,1-4H3,(H2,14,15,18). The van der Waals surface area contributed by atoms with Gasteiger partial charge in [0, 0.05) is 32.1 Å². The van der Waals surface area contributed by atoms with Crippen LogP contribution in [0.1, 0.15) is 40.5 Å². The second kappa shape index (κ2) is 6.07. The molecule has 18 heavy (non-hydrogen) atoms. The molecule has 1 fully saturated rings. The molecule has 3 amide bonds. The maximum absolute atomic E-state index is 11.6. The van der Waals surface area contributed by atoms with Crippen molar-refractivity contribution in [3.63, 3.8) is 0 Å². The molecule has 0 atom stereocenters. The summed E-state index contributed by atoms with van der Waals surface area (Å²) >= 11 is 0. The van der Waals surface area contributed by atoms with Gasteiger partial charge >= 0.3 is 6.03 Å². The van der Waals surface area contributed by atoms with Gasteiger partial charge in [0.1, 0.15) is 0 Å². The number of amides is 3. The van der Waals surface area contributed by atoms with Crippen LogP contribution in [-0.2, 0) is 4.79 Å². The van der Waals surface area contributed by atoms with Gasteiger partial charge in [-0.1, -0.05) is 0 Å². The summed E-state index contributed by atoms with van der Waals surface area (Å²) in [5, 5.41) is 5.77. The fraction of sp³-hybridized carbons (Fsp3) is 0.846. The third kappa shape index (κ3) is 5.38. The van der Waals surface area contributed by atoms with E-state index in [1.807, 2.05) is 25.7 Å². The van der Waals surface area contributed by atoms with E-state index in [9.17, 15) is 9.59 Å². The molecular formula is C13H25N3O2. The summed E-state index contributed by atoms with van der Waals surface area (Å²) in [5.74, 6) is 0.623. The summed E-state index contributed by atoms with van der Waals surface area (Å²) in [5.41, 5.74) is -0.206. The Hall–Kier alpha value is -1.26. The van der Waals surface area contributed by atoms with E-state index in [1.54, 1.807) is 6.92 Å². The lowest BCUT2D eigenvalue weighted by Crippen LogP contribution is -2.48. The quantitative estimate of drug-likeness (QED) is 0.782. The molecule has 1 saturated heterocycles. The van der Waals surface area contributed by atoms with E-state index in [1.165, 1.54) is 0 Å². The van der Waals surface area contributed by atoms with Gasteiger partial charge < -0.3 is 15.5 Å². The van der Waals surface area contributed by atoms with Crippen LogP contribution < -0.4 is 10.6 Å². The minimum absolute atomic E-state index is 0.114. The summed E-state index contributed by atoms with van der Waals surface area (Å²) in [6.45, 7) is 9.78. The summed E-state index contributed by atoms with van der Waals surface area (Å²) in [4.78, 5) is 24.6. The van der Waals surface area contributed by atoms with Crippen molar-refractivity contribution in [2.75, 3.05) is 19.6 Å². The highest BCUT2D eigenvalue weighted by atomic mass is 16.2. The fourth-order valence-electron chi connectivity index (χ4n) is 2.07. The van der Waals surface area contributed by atoms with Crippen LogP contribution in [0, 0.1) is 5.92 Å². The van der Waals surface area contributed by atoms with Crippen molar-refractivity contribution in [2.45, 2.75) is 46.1 Å². The van der Waals surface area contributed by atoms with E-state index in [0.29, 0.717) is 12.5 Å². The maximum atomic E-state index is 11.6. The molecule has 1 rings (SSSR count). The Kier molecular flexibility index (Phi) is 4.99. The van der Waals surface area contributed by atoms with Gasteiger partial charge in [0.05, 0.1) is 0 Å². The molecule has 0 spiro atoms. The van der Waals surface area contributed by atoms with Crippen molar-refractivity contribution in [2.24, 2.45) is 5.92 Å². The predicted octanol–water partition coefficient (Wildman–Crippen LogP) is 1.34.